The number of fused-ring (bicyclic) bond motifs is 4. The summed E-state index contributed by atoms with van der Waals surface area (Å²) in [6, 6.07) is 73.8. The summed E-state index contributed by atoms with van der Waals surface area (Å²) in [6.07, 6.45) is 1.92. The normalized spacial score (nSPS) is 11.3. The zero-order valence-electron chi connectivity index (χ0n) is 33.9. The fourth-order valence-electron chi connectivity index (χ4n) is 9.77. The van der Waals surface area contributed by atoms with Crippen LogP contribution in [0.15, 0.2) is 194 Å². The minimum atomic E-state index is -3.09. The van der Waals surface area contributed by atoms with Crippen LogP contribution in [0.25, 0.3) is 65.3 Å². The number of hydrogen-bond donors (Lipinski definition) is 0. The Labute approximate surface area is 364 Å². The third-order valence-corrected chi connectivity index (χ3v) is 16.9. The molecule has 0 atom stereocenters. The molecule has 0 nitrogen and oxygen atoms in total. The van der Waals surface area contributed by atoms with Crippen molar-refractivity contribution in [3.05, 3.63) is 220 Å². The van der Waals surface area contributed by atoms with E-state index in [9.17, 15) is 0 Å². The SMILES string of the molecule is CCc1[cH-]c2cccc([Si](c3ccccc3)(c3ccccc3)c3cccc4[cH-]c(CC)c(-c5cccc6ccccc56)c34)c2c1-c1cccc2ccccc12.[CH3-].[CH3-].[Zr+4]. The summed E-state index contributed by atoms with van der Waals surface area (Å²) in [4.78, 5) is 0. The molecule has 10 aromatic rings. The van der Waals surface area contributed by atoms with Gasteiger partial charge in [-0.05, 0) is 44.8 Å². The minimum absolute atomic E-state index is 0. The second-order valence-corrected chi connectivity index (χ2v) is 18.6. The van der Waals surface area contributed by atoms with Crippen LogP contribution in [0.3, 0.4) is 0 Å². The van der Waals surface area contributed by atoms with E-state index in [0.29, 0.717) is 0 Å². The van der Waals surface area contributed by atoms with Crippen LogP contribution in [0.1, 0.15) is 25.0 Å². The van der Waals surface area contributed by atoms with E-state index in [1.165, 1.54) is 97.2 Å². The molecule has 2 heteroatoms. The van der Waals surface area contributed by atoms with Gasteiger partial charge in [0.05, 0.1) is 0 Å². The van der Waals surface area contributed by atoms with Crippen molar-refractivity contribution >= 4 is 71.9 Å². The number of aryl methyl sites for hydroxylation is 2. The Balaban J connectivity index is 0.00000171. The largest absolute Gasteiger partial charge is 4.00 e. The first-order valence-electron chi connectivity index (χ1n) is 19.7. The molecule has 0 amide bonds. The molecule has 0 unspecified atom stereocenters. The molecule has 0 saturated heterocycles. The van der Waals surface area contributed by atoms with Crippen molar-refractivity contribution in [2.45, 2.75) is 26.7 Å². The summed E-state index contributed by atoms with van der Waals surface area (Å²) >= 11 is 0. The Morgan fingerprint density at radius 3 is 1.17 bits per heavy atom. The molecule has 0 aliphatic carbocycles. The van der Waals surface area contributed by atoms with E-state index < -0.39 is 8.07 Å². The predicted octanol–water partition coefficient (Wildman–Crippen LogP) is 12.5. The first-order chi connectivity index (χ1) is 27.2. The predicted molar refractivity (Wildman–Crippen MR) is 254 cm³/mol. The topological polar surface area (TPSA) is 0 Å². The molecule has 0 saturated carbocycles. The maximum atomic E-state index is 2.49. The Kier molecular flexibility index (Phi) is 11.8. The van der Waals surface area contributed by atoms with E-state index >= 15 is 0 Å². The van der Waals surface area contributed by atoms with Crippen LogP contribution in [-0.4, -0.2) is 8.07 Å². The summed E-state index contributed by atoms with van der Waals surface area (Å²) in [5, 5.41) is 16.3. The average molecular weight is 840 g/mol. The molecule has 0 N–H and O–H groups in total. The van der Waals surface area contributed by atoms with Crippen LogP contribution >= 0.6 is 0 Å². The summed E-state index contributed by atoms with van der Waals surface area (Å²) in [5.74, 6) is 0. The van der Waals surface area contributed by atoms with Gasteiger partial charge in [-0.25, -0.2) is 0 Å². The molecule has 0 heterocycles. The van der Waals surface area contributed by atoms with Crippen LogP contribution in [0.5, 0.6) is 0 Å². The Hall–Kier alpha value is -5.40. The molecule has 0 aliphatic heterocycles. The maximum absolute atomic E-state index is 3.09. The molecule has 0 spiro atoms. The van der Waals surface area contributed by atoms with E-state index in [-0.39, 0.29) is 41.1 Å². The fraction of sp³-hybridized carbons (Fsp3) is 0.0714. The Bertz CT molecular complexity index is 2780. The fourth-order valence-corrected chi connectivity index (χ4v) is 15.0. The molecule has 10 aromatic carbocycles. The van der Waals surface area contributed by atoms with E-state index in [1.54, 1.807) is 0 Å². The van der Waals surface area contributed by atoms with E-state index in [0.717, 1.165) is 12.8 Å². The van der Waals surface area contributed by atoms with Gasteiger partial charge in [-0.1, -0.05) is 193 Å². The van der Waals surface area contributed by atoms with Crippen LogP contribution in [-0.2, 0) is 39.0 Å². The van der Waals surface area contributed by atoms with Crippen LogP contribution in [0.2, 0.25) is 0 Å². The smallest absolute Gasteiger partial charge is 0.358 e. The molecule has 10 rings (SSSR count). The van der Waals surface area contributed by atoms with E-state index in [4.69, 9.17) is 0 Å². The molecule has 58 heavy (non-hydrogen) atoms. The second-order valence-electron chi connectivity index (χ2n) is 14.9. The Morgan fingerprint density at radius 2 is 0.759 bits per heavy atom. The first-order valence-corrected chi connectivity index (χ1v) is 21.7. The average Bonchev–Trinajstić information content (AvgIpc) is 3.83. The summed E-state index contributed by atoms with van der Waals surface area (Å²) in [6.45, 7) is 4.63. The van der Waals surface area contributed by atoms with Crippen LogP contribution < -0.4 is 20.7 Å². The number of hydrogen-bond acceptors (Lipinski definition) is 0. The molecule has 0 aromatic heterocycles. The van der Waals surface area contributed by atoms with Crippen molar-refractivity contribution in [2.24, 2.45) is 0 Å². The Morgan fingerprint density at radius 1 is 0.397 bits per heavy atom. The first kappa shape index (κ1) is 40.8. The van der Waals surface area contributed by atoms with Gasteiger partial charge in [-0.15, -0.1) is 80.2 Å². The van der Waals surface area contributed by atoms with E-state index in [1.807, 2.05) is 0 Å². The van der Waals surface area contributed by atoms with Crippen LogP contribution in [0, 0.1) is 14.9 Å². The summed E-state index contributed by atoms with van der Waals surface area (Å²) in [5.41, 5.74) is 8.20. The third kappa shape index (κ3) is 6.30. The zero-order chi connectivity index (χ0) is 36.9. The van der Waals surface area contributed by atoms with Gasteiger partial charge >= 0.3 is 26.2 Å². The maximum Gasteiger partial charge on any atom is 4.00 e. The van der Waals surface area contributed by atoms with Crippen molar-refractivity contribution in [1.82, 2.24) is 0 Å². The van der Waals surface area contributed by atoms with Crippen LogP contribution in [0.4, 0.5) is 0 Å². The summed E-state index contributed by atoms with van der Waals surface area (Å²) in [7, 11) is -3.09. The minimum Gasteiger partial charge on any atom is -0.358 e. The zero-order valence-corrected chi connectivity index (χ0v) is 37.3. The van der Waals surface area contributed by atoms with Crippen molar-refractivity contribution < 1.29 is 26.2 Å². The molecular formula is C56H48SiZr. The van der Waals surface area contributed by atoms with Gasteiger partial charge in [0, 0.05) is 0 Å². The molecule has 0 fully saturated rings. The van der Waals surface area contributed by atoms with Gasteiger partial charge in [0.1, 0.15) is 0 Å². The third-order valence-electron chi connectivity index (χ3n) is 12.1. The molecule has 0 aliphatic rings. The molecule has 0 radical (unpaired) electrons. The van der Waals surface area contributed by atoms with Gasteiger partial charge in [-0.2, -0.15) is 0 Å². The number of benzene rings is 8. The van der Waals surface area contributed by atoms with Crippen molar-refractivity contribution in [3.8, 4) is 22.3 Å². The van der Waals surface area contributed by atoms with Gasteiger partial charge in [-0.3, -0.25) is 0 Å². The van der Waals surface area contributed by atoms with Gasteiger partial charge in [0.25, 0.3) is 0 Å². The van der Waals surface area contributed by atoms with E-state index in [2.05, 4.69) is 208 Å². The number of rotatable bonds is 8. The van der Waals surface area contributed by atoms with Crippen molar-refractivity contribution in [2.75, 3.05) is 0 Å². The quantitative estimate of drug-likeness (QED) is 0.0812. The second kappa shape index (κ2) is 16.8. The van der Waals surface area contributed by atoms with Crippen molar-refractivity contribution in [3.63, 3.8) is 0 Å². The monoisotopic (exact) mass is 838 g/mol. The molecular weight excluding hydrogens is 792 g/mol. The van der Waals surface area contributed by atoms with Crippen molar-refractivity contribution in [1.29, 1.82) is 0 Å². The van der Waals surface area contributed by atoms with Gasteiger partial charge in [0.15, 0.2) is 8.07 Å². The molecule has 280 valence electrons. The standard InChI is InChI=1S/C54H42Si.2CH3.Zr/c1-3-37-35-41-23-17-33-49(53(41)51(37)47-31-15-21-39-19-11-13-29-45(39)47)55(43-25-7-5-8-26-43,44-27-9-6-10-28-44)50-34-18-24-42-36-38(4-2)52(54(42)50)48-32-16-22-40-20-12-14-30-46(40)48;;;/h5-36H,3-4H2,1-2H3;2*1H3;/q-2;2*-1;+4. The van der Waals surface area contributed by atoms with Gasteiger partial charge < -0.3 is 14.9 Å². The summed E-state index contributed by atoms with van der Waals surface area (Å²) < 4.78 is 0. The molecule has 0 bridgehead atoms. The van der Waals surface area contributed by atoms with Gasteiger partial charge in [0.2, 0.25) is 0 Å².